The van der Waals surface area contributed by atoms with Gasteiger partial charge in [-0.3, -0.25) is 4.79 Å². The summed E-state index contributed by atoms with van der Waals surface area (Å²) in [6.07, 6.45) is 1.65. The molecule has 13 heavy (non-hydrogen) atoms. The maximum atomic E-state index is 11.6. The van der Waals surface area contributed by atoms with Gasteiger partial charge in [-0.25, -0.2) is 0 Å². The third-order valence-corrected chi connectivity index (χ3v) is 2.08. The summed E-state index contributed by atoms with van der Waals surface area (Å²) in [7, 11) is 0. The first-order valence-corrected chi connectivity index (χ1v) is 4.48. The van der Waals surface area contributed by atoms with Crippen LogP contribution < -0.4 is 0 Å². The Kier molecular flexibility index (Phi) is 2.76. The zero-order valence-corrected chi connectivity index (χ0v) is 8.76. The van der Waals surface area contributed by atoms with Gasteiger partial charge in [0, 0.05) is 6.08 Å². The van der Waals surface area contributed by atoms with Crippen LogP contribution in [0, 0.1) is 0 Å². The predicted octanol–water partition coefficient (Wildman–Crippen LogP) is 1.55. The Morgan fingerprint density at radius 2 is 2.08 bits per heavy atom. The lowest BCUT2D eigenvalue weighted by Crippen LogP contribution is -2.43. The third kappa shape index (κ3) is 2.31. The maximum Gasteiger partial charge on any atom is 0.248 e. The lowest BCUT2D eigenvalue weighted by atomic mass is 10.1. The molecule has 1 amide bonds. The molecule has 0 radical (unpaired) electrons. The quantitative estimate of drug-likeness (QED) is 0.577. The minimum absolute atomic E-state index is 0.0440. The normalized spacial score (nSPS) is 20.2. The highest BCUT2D eigenvalue weighted by Gasteiger charge is 2.35. The van der Waals surface area contributed by atoms with Crippen LogP contribution >= 0.6 is 0 Å². The second-order valence-corrected chi connectivity index (χ2v) is 4.28. The van der Waals surface area contributed by atoms with E-state index in [4.69, 9.17) is 4.74 Å². The van der Waals surface area contributed by atoms with Gasteiger partial charge in [0.1, 0.15) is 6.73 Å². The van der Waals surface area contributed by atoms with Crippen molar-refractivity contribution in [2.75, 3.05) is 13.3 Å². The first-order valence-electron chi connectivity index (χ1n) is 4.48. The van der Waals surface area contributed by atoms with Gasteiger partial charge in [-0.1, -0.05) is 5.57 Å². The van der Waals surface area contributed by atoms with E-state index in [0.717, 1.165) is 5.57 Å². The zero-order chi connectivity index (χ0) is 10.1. The van der Waals surface area contributed by atoms with Crippen LogP contribution in [-0.2, 0) is 9.53 Å². The van der Waals surface area contributed by atoms with Gasteiger partial charge >= 0.3 is 0 Å². The molecule has 1 rings (SSSR count). The Labute approximate surface area is 79.4 Å². The van der Waals surface area contributed by atoms with Gasteiger partial charge < -0.3 is 9.64 Å². The molecule has 0 aliphatic carbocycles. The van der Waals surface area contributed by atoms with E-state index in [1.54, 1.807) is 11.0 Å². The zero-order valence-electron chi connectivity index (χ0n) is 8.76. The van der Waals surface area contributed by atoms with E-state index in [9.17, 15) is 4.79 Å². The summed E-state index contributed by atoms with van der Waals surface area (Å²) in [5.74, 6) is 0.0440. The molecule has 74 valence electrons. The van der Waals surface area contributed by atoms with Crippen LogP contribution in [0.2, 0.25) is 0 Å². The van der Waals surface area contributed by atoms with Crippen molar-refractivity contribution in [3.8, 4) is 0 Å². The molecule has 1 fully saturated rings. The van der Waals surface area contributed by atoms with Crippen LogP contribution in [0.25, 0.3) is 0 Å². The number of carbonyl (C=O) groups is 1. The molecule has 0 atom stereocenters. The lowest BCUT2D eigenvalue weighted by molar-refractivity contribution is -0.129. The Hall–Kier alpha value is -0.830. The summed E-state index contributed by atoms with van der Waals surface area (Å²) in [6, 6.07) is 0. The topological polar surface area (TPSA) is 29.5 Å². The van der Waals surface area contributed by atoms with E-state index in [1.165, 1.54) is 0 Å². The SMILES string of the molecule is CC(C)=CC(=O)N1COCC1(C)C. The molecule has 0 spiro atoms. The second-order valence-electron chi connectivity index (χ2n) is 4.28. The summed E-state index contributed by atoms with van der Waals surface area (Å²) in [5.41, 5.74) is 0.857. The molecule has 0 aromatic carbocycles. The fraction of sp³-hybridized carbons (Fsp3) is 0.700. The van der Waals surface area contributed by atoms with Gasteiger partial charge in [-0.05, 0) is 27.7 Å². The molecule has 1 saturated heterocycles. The smallest absolute Gasteiger partial charge is 0.248 e. The van der Waals surface area contributed by atoms with Crippen molar-refractivity contribution in [2.45, 2.75) is 33.2 Å². The Balaban J connectivity index is 2.73. The first kappa shape index (κ1) is 10.3. The van der Waals surface area contributed by atoms with Crippen molar-refractivity contribution in [1.29, 1.82) is 0 Å². The molecule has 0 aromatic rings. The Bertz CT molecular complexity index is 239. The average Bonchev–Trinajstić information content (AvgIpc) is 2.27. The van der Waals surface area contributed by atoms with Crippen molar-refractivity contribution in [3.63, 3.8) is 0 Å². The Morgan fingerprint density at radius 3 is 2.46 bits per heavy atom. The van der Waals surface area contributed by atoms with Crippen LogP contribution in [-0.4, -0.2) is 29.7 Å². The molecular weight excluding hydrogens is 166 g/mol. The fourth-order valence-electron chi connectivity index (χ4n) is 1.33. The van der Waals surface area contributed by atoms with Gasteiger partial charge in [0.05, 0.1) is 12.1 Å². The largest absolute Gasteiger partial charge is 0.359 e. The number of ether oxygens (including phenoxy) is 1. The first-order chi connectivity index (χ1) is 5.93. The van der Waals surface area contributed by atoms with Crippen molar-refractivity contribution >= 4 is 5.91 Å². The summed E-state index contributed by atoms with van der Waals surface area (Å²) < 4.78 is 5.25. The minimum Gasteiger partial charge on any atom is -0.359 e. The molecule has 0 bridgehead atoms. The summed E-state index contributed by atoms with van der Waals surface area (Å²) in [5, 5.41) is 0. The second kappa shape index (κ2) is 3.50. The number of amides is 1. The molecule has 0 saturated carbocycles. The van der Waals surface area contributed by atoms with Crippen LogP contribution in [0.5, 0.6) is 0 Å². The molecule has 1 aliphatic heterocycles. The van der Waals surface area contributed by atoms with E-state index in [1.807, 2.05) is 27.7 Å². The maximum absolute atomic E-state index is 11.6. The van der Waals surface area contributed by atoms with Gasteiger partial charge in [-0.15, -0.1) is 0 Å². The number of carbonyl (C=O) groups excluding carboxylic acids is 1. The van der Waals surface area contributed by atoms with E-state index in [2.05, 4.69) is 0 Å². The number of hydrogen-bond donors (Lipinski definition) is 0. The van der Waals surface area contributed by atoms with E-state index < -0.39 is 0 Å². The average molecular weight is 183 g/mol. The highest BCUT2D eigenvalue weighted by Crippen LogP contribution is 2.21. The van der Waals surface area contributed by atoms with Crippen molar-refractivity contribution < 1.29 is 9.53 Å². The standard InChI is InChI=1S/C10H17NO2/c1-8(2)5-9(12)11-7-13-6-10(11,3)4/h5H,6-7H2,1-4H3. The summed E-state index contributed by atoms with van der Waals surface area (Å²) in [4.78, 5) is 13.4. The molecule has 1 aliphatic rings. The molecule has 3 heteroatoms. The monoisotopic (exact) mass is 183 g/mol. The number of rotatable bonds is 1. The van der Waals surface area contributed by atoms with Crippen molar-refractivity contribution in [3.05, 3.63) is 11.6 Å². The molecular formula is C10H17NO2. The van der Waals surface area contributed by atoms with Crippen LogP contribution in [0.3, 0.4) is 0 Å². The van der Waals surface area contributed by atoms with Gasteiger partial charge in [0.15, 0.2) is 0 Å². The molecule has 3 nitrogen and oxygen atoms in total. The van der Waals surface area contributed by atoms with E-state index in [-0.39, 0.29) is 11.4 Å². The molecule has 0 aromatic heterocycles. The highest BCUT2D eigenvalue weighted by atomic mass is 16.5. The van der Waals surface area contributed by atoms with Crippen molar-refractivity contribution in [2.24, 2.45) is 0 Å². The van der Waals surface area contributed by atoms with E-state index in [0.29, 0.717) is 13.3 Å². The number of hydrogen-bond acceptors (Lipinski definition) is 2. The summed E-state index contributed by atoms with van der Waals surface area (Å²) >= 11 is 0. The van der Waals surface area contributed by atoms with Crippen LogP contribution in [0.15, 0.2) is 11.6 Å². The minimum atomic E-state index is -0.164. The highest BCUT2D eigenvalue weighted by molar-refractivity contribution is 5.88. The predicted molar refractivity (Wildman–Crippen MR) is 51.2 cm³/mol. The number of nitrogens with zero attached hydrogens (tertiary/aromatic N) is 1. The van der Waals surface area contributed by atoms with Gasteiger partial charge in [0.25, 0.3) is 0 Å². The Morgan fingerprint density at radius 1 is 1.46 bits per heavy atom. The van der Waals surface area contributed by atoms with Crippen LogP contribution in [0.1, 0.15) is 27.7 Å². The molecule has 0 unspecified atom stereocenters. The fourth-order valence-corrected chi connectivity index (χ4v) is 1.33. The summed E-state index contributed by atoms with van der Waals surface area (Å²) in [6.45, 7) is 8.89. The van der Waals surface area contributed by atoms with E-state index >= 15 is 0 Å². The van der Waals surface area contributed by atoms with Gasteiger partial charge in [-0.2, -0.15) is 0 Å². The third-order valence-electron chi connectivity index (χ3n) is 2.08. The number of allylic oxidation sites excluding steroid dienone is 1. The molecule has 0 N–H and O–H groups in total. The van der Waals surface area contributed by atoms with Crippen molar-refractivity contribution in [1.82, 2.24) is 4.90 Å². The van der Waals surface area contributed by atoms with Gasteiger partial charge in [0.2, 0.25) is 5.91 Å². The van der Waals surface area contributed by atoms with Crippen LogP contribution in [0.4, 0.5) is 0 Å². The molecule has 1 heterocycles. The lowest BCUT2D eigenvalue weighted by Gasteiger charge is -2.28.